The Morgan fingerprint density at radius 1 is 1.31 bits per heavy atom. The minimum Gasteiger partial charge on any atom is -0.387 e. The molecule has 3 heterocycles. The van der Waals surface area contributed by atoms with Gasteiger partial charge in [-0.2, -0.15) is 0 Å². The SMILES string of the molecule is [N-]=[N+]=N[C@]1(CO[P@]2(=O)OCC[C@H](c3ccc(Cl)c(Cl)c3)O2)O[C@@H](n2ccc(=O)[nH]c2=O)[C@H](O)[C@@H]1O. The molecule has 0 unspecified atom stereocenters. The van der Waals surface area contributed by atoms with Gasteiger partial charge in [-0.15, -0.1) is 0 Å². The van der Waals surface area contributed by atoms with Crippen LogP contribution in [0.25, 0.3) is 10.4 Å². The van der Waals surface area contributed by atoms with Gasteiger partial charge in [-0.05, 0) is 23.2 Å². The van der Waals surface area contributed by atoms with Crippen LogP contribution in [0.1, 0.15) is 24.3 Å². The molecule has 2 aliphatic rings. The zero-order valence-corrected chi connectivity index (χ0v) is 20.0. The molecule has 0 spiro atoms. The third-order valence-corrected chi connectivity index (χ3v) is 7.57. The molecule has 17 heteroatoms. The molecule has 0 aliphatic carbocycles. The smallest absolute Gasteiger partial charge is 0.387 e. The number of nitrogens with one attached hydrogen (secondary N) is 1. The van der Waals surface area contributed by atoms with E-state index in [0.29, 0.717) is 17.0 Å². The van der Waals surface area contributed by atoms with E-state index in [-0.39, 0.29) is 11.6 Å². The number of hydrogen-bond donors (Lipinski definition) is 3. The second kappa shape index (κ2) is 10.0. The normalized spacial score (nSPS) is 32.8. The fraction of sp³-hybridized carbons (Fsp3) is 0.444. The van der Waals surface area contributed by atoms with Crippen molar-refractivity contribution in [1.29, 1.82) is 0 Å². The van der Waals surface area contributed by atoms with Gasteiger partial charge in [0.15, 0.2) is 6.23 Å². The molecule has 6 atom stereocenters. The summed E-state index contributed by atoms with van der Waals surface area (Å²) in [6, 6.07) is 5.70. The van der Waals surface area contributed by atoms with Gasteiger partial charge in [0, 0.05) is 23.6 Å². The number of nitrogens with zero attached hydrogens (tertiary/aromatic N) is 4. The molecular formula is C18H18Cl2N5O9P. The quantitative estimate of drug-likeness (QED) is 0.209. The van der Waals surface area contributed by atoms with Gasteiger partial charge in [0.05, 0.1) is 29.4 Å². The average Bonchev–Trinajstić information content (AvgIpc) is 3.05. The number of rotatable bonds is 6. The van der Waals surface area contributed by atoms with Crippen LogP contribution in [0.3, 0.4) is 0 Å². The van der Waals surface area contributed by atoms with E-state index in [4.69, 9.17) is 47.0 Å². The molecule has 14 nitrogen and oxygen atoms in total. The van der Waals surface area contributed by atoms with E-state index in [2.05, 4.69) is 10.0 Å². The number of hydrogen-bond acceptors (Lipinski definition) is 10. The maximum atomic E-state index is 13.1. The van der Waals surface area contributed by atoms with Crippen molar-refractivity contribution in [2.24, 2.45) is 5.11 Å². The lowest BCUT2D eigenvalue weighted by Gasteiger charge is -2.32. The van der Waals surface area contributed by atoms with Gasteiger partial charge in [0.2, 0.25) is 5.72 Å². The minimum absolute atomic E-state index is 0.0296. The number of aliphatic hydroxyl groups excluding tert-OH is 2. The largest absolute Gasteiger partial charge is 0.475 e. The predicted molar refractivity (Wildman–Crippen MR) is 120 cm³/mol. The number of H-pyrrole nitrogens is 1. The number of aliphatic hydroxyl groups is 2. The van der Waals surface area contributed by atoms with Gasteiger partial charge in [-0.3, -0.25) is 27.9 Å². The van der Waals surface area contributed by atoms with Gasteiger partial charge in [0.1, 0.15) is 12.2 Å². The summed E-state index contributed by atoms with van der Waals surface area (Å²) in [7, 11) is -4.28. The number of phosphoric acid groups is 1. The van der Waals surface area contributed by atoms with Crippen LogP contribution < -0.4 is 11.2 Å². The summed E-state index contributed by atoms with van der Waals surface area (Å²) in [6.07, 6.45) is -4.72. The number of ether oxygens (including phenoxy) is 1. The summed E-state index contributed by atoms with van der Waals surface area (Å²) < 4.78 is 35.5. The van der Waals surface area contributed by atoms with Crippen LogP contribution in [0, 0.1) is 0 Å². The van der Waals surface area contributed by atoms with E-state index in [0.717, 1.165) is 16.8 Å². The Kier molecular flexibility index (Phi) is 7.41. The first-order chi connectivity index (χ1) is 16.6. The molecule has 2 aromatic rings. The molecule has 1 aromatic heterocycles. The first-order valence-electron chi connectivity index (χ1n) is 10.0. The highest BCUT2D eigenvalue weighted by Crippen LogP contribution is 2.58. The minimum atomic E-state index is -4.28. The van der Waals surface area contributed by atoms with Gasteiger partial charge in [0.25, 0.3) is 5.56 Å². The second-order valence-corrected chi connectivity index (χ2v) is 10.0. The van der Waals surface area contributed by atoms with Crippen molar-refractivity contribution < 1.29 is 33.1 Å². The third-order valence-electron chi connectivity index (χ3n) is 5.37. The average molecular weight is 550 g/mol. The molecule has 4 rings (SSSR count). The molecule has 2 saturated heterocycles. The maximum absolute atomic E-state index is 13.1. The summed E-state index contributed by atoms with van der Waals surface area (Å²) in [5.41, 5.74) is 5.62. The number of azide groups is 1. The van der Waals surface area contributed by atoms with Gasteiger partial charge < -0.3 is 14.9 Å². The molecule has 2 fully saturated rings. The number of halogens is 2. The first kappa shape index (κ1) is 25.9. The van der Waals surface area contributed by atoms with Crippen LogP contribution in [0.15, 0.2) is 45.2 Å². The van der Waals surface area contributed by atoms with Crippen molar-refractivity contribution in [3.63, 3.8) is 0 Å². The molecule has 35 heavy (non-hydrogen) atoms. The van der Waals surface area contributed by atoms with E-state index in [1.165, 1.54) is 0 Å². The first-order valence-corrected chi connectivity index (χ1v) is 12.2. The number of phosphoric ester groups is 1. The fourth-order valence-corrected chi connectivity index (χ4v) is 5.33. The summed E-state index contributed by atoms with van der Waals surface area (Å²) in [6.45, 7) is -0.909. The van der Waals surface area contributed by atoms with Gasteiger partial charge >= 0.3 is 13.5 Å². The highest BCUT2D eigenvalue weighted by molar-refractivity contribution is 7.48. The Morgan fingerprint density at radius 3 is 2.77 bits per heavy atom. The Hall–Kier alpha value is -2.22. The number of benzene rings is 1. The Bertz CT molecular complexity index is 1330. The van der Waals surface area contributed by atoms with Crippen molar-refractivity contribution in [3.8, 4) is 0 Å². The zero-order chi connectivity index (χ0) is 25.4. The van der Waals surface area contributed by atoms with E-state index in [9.17, 15) is 24.4 Å². The molecule has 3 N–H and O–H groups in total. The number of aromatic nitrogens is 2. The molecule has 188 valence electrons. The zero-order valence-electron chi connectivity index (χ0n) is 17.6. The lowest BCUT2D eigenvalue weighted by molar-refractivity contribution is -0.127. The second-order valence-electron chi connectivity index (χ2n) is 7.61. The standard InChI is InChI=1S/C18H18Cl2N5O9P/c19-10-2-1-9(7-11(10)20)12-4-6-31-35(30,34-12)32-8-18(23-24-21)15(28)14(27)16(33-18)25-5-3-13(26)22-17(25)29/h1-3,5,7,12,14-16,27-28H,4,6,8H2,(H,22,26,29)/t12-,14-,15+,16-,18-,35+/m1/s1. The van der Waals surface area contributed by atoms with Crippen LogP contribution in [0.4, 0.5) is 0 Å². The van der Waals surface area contributed by atoms with Crippen molar-refractivity contribution in [3.05, 3.63) is 77.4 Å². The van der Waals surface area contributed by atoms with Gasteiger partial charge in [-0.1, -0.05) is 34.4 Å². The van der Waals surface area contributed by atoms with E-state index >= 15 is 0 Å². The van der Waals surface area contributed by atoms with E-state index < -0.39 is 55.9 Å². The topological polar surface area (TPSA) is 198 Å². The molecular weight excluding hydrogens is 532 g/mol. The van der Waals surface area contributed by atoms with Crippen molar-refractivity contribution in [2.45, 2.75) is 36.7 Å². The van der Waals surface area contributed by atoms with Crippen molar-refractivity contribution in [1.82, 2.24) is 9.55 Å². The third kappa shape index (κ3) is 5.18. The summed E-state index contributed by atoms with van der Waals surface area (Å²) in [5, 5.41) is 25.1. The summed E-state index contributed by atoms with van der Waals surface area (Å²) in [4.78, 5) is 28.0. The van der Waals surface area contributed by atoms with Crippen molar-refractivity contribution in [2.75, 3.05) is 13.2 Å². The Balaban J connectivity index is 1.55. The monoisotopic (exact) mass is 549 g/mol. The lowest BCUT2D eigenvalue weighted by atomic mass is 10.1. The van der Waals surface area contributed by atoms with Crippen LogP contribution in [0.5, 0.6) is 0 Å². The highest BCUT2D eigenvalue weighted by atomic mass is 35.5. The van der Waals surface area contributed by atoms with E-state index in [1.54, 1.807) is 18.2 Å². The predicted octanol–water partition coefficient (Wildman–Crippen LogP) is 2.40. The summed E-state index contributed by atoms with van der Waals surface area (Å²) >= 11 is 12.0. The van der Waals surface area contributed by atoms with Gasteiger partial charge in [-0.25, -0.2) is 9.36 Å². The fourth-order valence-electron chi connectivity index (χ4n) is 3.62. The molecule has 2 aliphatic heterocycles. The van der Waals surface area contributed by atoms with Crippen LogP contribution >= 0.6 is 31.0 Å². The molecule has 0 bridgehead atoms. The van der Waals surface area contributed by atoms with Crippen LogP contribution in [-0.2, 0) is 22.9 Å². The number of aromatic amines is 1. The maximum Gasteiger partial charge on any atom is 0.475 e. The highest BCUT2D eigenvalue weighted by Gasteiger charge is 2.56. The van der Waals surface area contributed by atoms with E-state index in [1.807, 2.05) is 4.98 Å². The summed E-state index contributed by atoms with van der Waals surface area (Å²) in [5.74, 6) is 0. The van der Waals surface area contributed by atoms with Crippen LogP contribution in [0.2, 0.25) is 10.0 Å². The molecule has 0 amide bonds. The molecule has 0 radical (unpaired) electrons. The Labute approximate surface area is 206 Å². The molecule has 0 saturated carbocycles. The Morgan fingerprint density at radius 2 is 2.09 bits per heavy atom. The van der Waals surface area contributed by atoms with Crippen molar-refractivity contribution >= 4 is 31.0 Å². The van der Waals surface area contributed by atoms with Crippen LogP contribution in [-0.4, -0.2) is 50.9 Å². The molecule has 1 aromatic carbocycles. The lowest BCUT2D eigenvalue weighted by Crippen LogP contribution is -2.45.